The molecule has 2 heterocycles. The normalized spacial score (nSPS) is 14.4. The third-order valence-corrected chi connectivity index (χ3v) is 5.37. The summed E-state index contributed by atoms with van der Waals surface area (Å²) < 4.78 is 0. The standard InChI is InChI=1S/C19H26N6OS.HI/c1-15-12-21-17(27-15)13-22-19(20-2)23-14-18(26)25-10-8-24(9-11-25)16-6-4-3-5-7-16;/h3-7,12H,8-11,13-14H2,1-2H3,(H2,20,22,23);1H. The molecular weight excluding hydrogens is 487 g/mol. The second-order valence-corrected chi connectivity index (χ2v) is 7.67. The molecule has 2 N–H and O–H groups in total. The first-order valence-electron chi connectivity index (χ1n) is 9.09. The van der Waals surface area contributed by atoms with E-state index in [0.717, 1.165) is 31.2 Å². The van der Waals surface area contributed by atoms with Crippen LogP contribution in [-0.4, -0.2) is 61.5 Å². The Morgan fingerprint density at radius 2 is 1.89 bits per heavy atom. The summed E-state index contributed by atoms with van der Waals surface area (Å²) >= 11 is 1.65. The van der Waals surface area contributed by atoms with Crippen molar-refractivity contribution in [2.24, 2.45) is 4.99 Å². The molecule has 1 aliphatic rings. The molecule has 1 amide bonds. The lowest BCUT2D eigenvalue weighted by molar-refractivity contribution is -0.130. The van der Waals surface area contributed by atoms with Gasteiger partial charge in [0, 0.05) is 50.0 Å². The minimum atomic E-state index is 0. The van der Waals surface area contributed by atoms with Crippen molar-refractivity contribution in [2.75, 3.05) is 44.7 Å². The van der Waals surface area contributed by atoms with Crippen LogP contribution in [0.1, 0.15) is 9.88 Å². The van der Waals surface area contributed by atoms with Gasteiger partial charge < -0.3 is 20.4 Å². The number of thiazole rings is 1. The van der Waals surface area contributed by atoms with E-state index in [9.17, 15) is 4.79 Å². The number of carbonyl (C=O) groups excluding carboxylic acids is 1. The zero-order valence-electron chi connectivity index (χ0n) is 16.2. The predicted octanol–water partition coefficient (Wildman–Crippen LogP) is 2.08. The molecule has 0 spiro atoms. The van der Waals surface area contributed by atoms with Crippen LogP contribution in [0.15, 0.2) is 41.5 Å². The van der Waals surface area contributed by atoms with Gasteiger partial charge in [-0.2, -0.15) is 0 Å². The van der Waals surface area contributed by atoms with Crippen LogP contribution < -0.4 is 15.5 Å². The Morgan fingerprint density at radius 3 is 2.50 bits per heavy atom. The van der Waals surface area contributed by atoms with Crippen molar-refractivity contribution < 1.29 is 4.79 Å². The summed E-state index contributed by atoms with van der Waals surface area (Å²) in [5.74, 6) is 0.704. The quantitative estimate of drug-likeness (QED) is 0.363. The highest BCUT2D eigenvalue weighted by Gasteiger charge is 2.21. The second kappa shape index (κ2) is 11.2. The monoisotopic (exact) mass is 514 g/mol. The molecular formula is C19H27IN6OS. The van der Waals surface area contributed by atoms with Gasteiger partial charge in [-0.1, -0.05) is 18.2 Å². The van der Waals surface area contributed by atoms with Crippen LogP contribution in [0.5, 0.6) is 0 Å². The van der Waals surface area contributed by atoms with Crippen molar-refractivity contribution in [3.05, 3.63) is 46.4 Å². The van der Waals surface area contributed by atoms with Crippen LogP contribution in [0.4, 0.5) is 5.69 Å². The summed E-state index contributed by atoms with van der Waals surface area (Å²) in [5, 5.41) is 7.29. The van der Waals surface area contributed by atoms with Gasteiger partial charge in [-0.3, -0.25) is 9.79 Å². The minimum absolute atomic E-state index is 0. The third-order valence-electron chi connectivity index (χ3n) is 4.46. The first-order valence-corrected chi connectivity index (χ1v) is 9.91. The summed E-state index contributed by atoms with van der Waals surface area (Å²) in [4.78, 5) is 26.4. The van der Waals surface area contributed by atoms with Crippen molar-refractivity contribution in [1.82, 2.24) is 20.5 Å². The summed E-state index contributed by atoms with van der Waals surface area (Å²) in [5.41, 5.74) is 1.21. The van der Waals surface area contributed by atoms with Crippen LogP contribution >= 0.6 is 35.3 Å². The first kappa shape index (κ1) is 22.4. The number of nitrogens with zero attached hydrogens (tertiary/aromatic N) is 4. The highest BCUT2D eigenvalue weighted by atomic mass is 127. The van der Waals surface area contributed by atoms with Crippen LogP contribution in [0, 0.1) is 6.92 Å². The number of hydrogen-bond donors (Lipinski definition) is 2. The molecule has 0 atom stereocenters. The zero-order valence-corrected chi connectivity index (χ0v) is 19.4. The van der Waals surface area contributed by atoms with Gasteiger partial charge >= 0.3 is 0 Å². The van der Waals surface area contributed by atoms with E-state index in [1.807, 2.05) is 36.2 Å². The fraction of sp³-hybridized carbons (Fsp3) is 0.421. The van der Waals surface area contributed by atoms with Gasteiger partial charge in [-0.25, -0.2) is 4.98 Å². The second-order valence-electron chi connectivity index (χ2n) is 6.35. The lowest BCUT2D eigenvalue weighted by atomic mass is 10.2. The maximum Gasteiger partial charge on any atom is 0.242 e. The van der Waals surface area contributed by atoms with Gasteiger partial charge in [-0.15, -0.1) is 35.3 Å². The van der Waals surface area contributed by atoms with Crippen molar-refractivity contribution in [1.29, 1.82) is 0 Å². The average molecular weight is 514 g/mol. The summed E-state index contributed by atoms with van der Waals surface area (Å²) in [7, 11) is 1.70. The van der Waals surface area contributed by atoms with Gasteiger partial charge in [-0.05, 0) is 19.1 Å². The van der Waals surface area contributed by atoms with Gasteiger partial charge in [0.15, 0.2) is 5.96 Å². The maximum atomic E-state index is 12.5. The number of anilines is 1. The molecule has 1 aromatic carbocycles. The maximum absolute atomic E-state index is 12.5. The molecule has 9 heteroatoms. The topological polar surface area (TPSA) is 72.9 Å². The molecule has 1 saturated heterocycles. The van der Waals surface area contributed by atoms with Crippen molar-refractivity contribution >= 4 is 52.9 Å². The fourth-order valence-electron chi connectivity index (χ4n) is 2.99. The highest BCUT2D eigenvalue weighted by molar-refractivity contribution is 14.0. The number of hydrogen-bond acceptors (Lipinski definition) is 5. The van der Waals surface area contributed by atoms with E-state index in [1.165, 1.54) is 10.6 Å². The fourth-order valence-corrected chi connectivity index (χ4v) is 3.71. The largest absolute Gasteiger partial charge is 0.368 e. The number of aromatic nitrogens is 1. The molecule has 1 aliphatic heterocycles. The molecule has 0 radical (unpaired) electrons. The van der Waals surface area contributed by atoms with Crippen LogP contribution in [0.2, 0.25) is 0 Å². The summed E-state index contributed by atoms with van der Waals surface area (Å²) in [6, 6.07) is 10.3. The average Bonchev–Trinajstić information content (AvgIpc) is 3.14. The highest BCUT2D eigenvalue weighted by Crippen LogP contribution is 2.15. The van der Waals surface area contributed by atoms with Crippen molar-refractivity contribution in [3.63, 3.8) is 0 Å². The number of nitrogens with one attached hydrogen (secondary N) is 2. The van der Waals surface area contributed by atoms with E-state index < -0.39 is 0 Å². The summed E-state index contributed by atoms with van der Waals surface area (Å²) in [6.45, 7) is 6.05. The zero-order chi connectivity index (χ0) is 19.1. The van der Waals surface area contributed by atoms with E-state index in [-0.39, 0.29) is 36.4 Å². The van der Waals surface area contributed by atoms with Crippen LogP contribution in [0.25, 0.3) is 0 Å². The summed E-state index contributed by atoms with van der Waals surface area (Å²) in [6.07, 6.45) is 1.86. The van der Waals surface area contributed by atoms with Crippen molar-refractivity contribution in [2.45, 2.75) is 13.5 Å². The number of piperazine rings is 1. The molecule has 1 aromatic heterocycles. The Balaban J connectivity index is 0.00000280. The molecule has 0 saturated carbocycles. The number of aryl methyl sites for hydroxylation is 1. The van der Waals surface area contributed by atoms with Crippen LogP contribution in [-0.2, 0) is 11.3 Å². The number of rotatable bonds is 5. The molecule has 3 rings (SSSR count). The van der Waals surface area contributed by atoms with Crippen LogP contribution in [0.3, 0.4) is 0 Å². The van der Waals surface area contributed by atoms with E-state index in [4.69, 9.17) is 0 Å². The number of benzene rings is 1. The number of halogens is 1. The number of amides is 1. The SMILES string of the molecule is CN=C(NCC(=O)N1CCN(c2ccccc2)CC1)NCc1ncc(C)s1.I. The molecule has 28 heavy (non-hydrogen) atoms. The lowest BCUT2D eigenvalue weighted by Crippen LogP contribution is -2.52. The van der Waals surface area contributed by atoms with Gasteiger partial charge in [0.1, 0.15) is 5.01 Å². The molecule has 0 aliphatic carbocycles. The Hall–Kier alpha value is -1.88. The number of para-hydroxylation sites is 1. The van der Waals surface area contributed by atoms with E-state index in [2.05, 4.69) is 37.6 Å². The lowest BCUT2D eigenvalue weighted by Gasteiger charge is -2.36. The van der Waals surface area contributed by atoms with E-state index in [1.54, 1.807) is 18.4 Å². The van der Waals surface area contributed by atoms with Crippen molar-refractivity contribution in [3.8, 4) is 0 Å². The molecule has 0 bridgehead atoms. The first-order chi connectivity index (χ1) is 13.2. The number of aliphatic imine (C=N–C) groups is 1. The van der Waals surface area contributed by atoms with Gasteiger partial charge in [0.25, 0.3) is 0 Å². The Labute approximate surface area is 187 Å². The molecule has 2 aromatic rings. The Kier molecular flexibility index (Phi) is 8.97. The third kappa shape index (κ3) is 6.33. The minimum Gasteiger partial charge on any atom is -0.368 e. The molecule has 0 unspecified atom stereocenters. The van der Waals surface area contributed by atoms with Gasteiger partial charge in [0.2, 0.25) is 5.91 Å². The number of carbonyl (C=O) groups is 1. The van der Waals surface area contributed by atoms with E-state index in [0.29, 0.717) is 12.5 Å². The Morgan fingerprint density at radius 1 is 1.18 bits per heavy atom. The number of guanidine groups is 1. The molecule has 1 fully saturated rings. The predicted molar refractivity (Wildman–Crippen MR) is 126 cm³/mol. The smallest absolute Gasteiger partial charge is 0.242 e. The molecule has 7 nitrogen and oxygen atoms in total. The Bertz CT molecular complexity index is 774. The molecule has 152 valence electrons. The van der Waals surface area contributed by atoms with Gasteiger partial charge in [0.05, 0.1) is 13.1 Å². The van der Waals surface area contributed by atoms with E-state index >= 15 is 0 Å².